The SMILES string of the molecule is COc1cc(C(=O)NC2(CO)CCC2)cc(OC)c1Br. The van der Waals surface area contributed by atoms with E-state index in [1.54, 1.807) is 12.1 Å². The number of ether oxygens (including phenoxy) is 2. The van der Waals surface area contributed by atoms with Gasteiger partial charge in [-0.1, -0.05) is 0 Å². The highest BCUT2D eigenvalue weighted by molar-refractivity contribution is 9.10. The van der Waals surface area contributed by atoms with Gasteiger partial charge in [0.15, 0.2) is 0 Å². The molecule has 1 aromatic rings. The molecule has 1 fully saturated rings. The molecular weight excluding hydrogens is 326 g/mol. The molecule has 1 aliphatic rings. The number of methoxy groups -OCH3 is 2. The minimum absolute atomic E-state index is 0.0382. The molecule has 110 valence electrons. The van der Waals surface area contributed by atoms with Gasteiger partial charge in [0.2, 0.25) is 0 Å². The molecule has 0 bridgehead atoms. The smallest absolute Gasteiger partial charge is 0.252 e. The van der Waals surface area contributed by atoms with Crippen molar-refractivity contribution in [2.75, 3.05) is 20.8 Å². The first-order valence-corrected chi connectivity index (χ1v) is 7.19. The molecule has 0 aliphatic heterocycles. The van der Waals surface area contributed by atoms with Gasteiger partial charge in [0.1, 0.15) is 16.0 Å². The number of nitrogens with one attached hydrogen (secondary N) is 1. The van der Waals surface area contributed by atoms with Crippen LogP contribution in [0.5, 0.6) is 11.5 Å². The summed E-state index contributed by atoms with van der Waals surface area (Å²) in [5.74, 6) is 0.824. The zero-order valence-electron chi connectivity index (χ0n) is 11.5. The molecule has 0 saturated heterocycles. The molecule has 0 unspecified atom stereocenters. The molecule has 5 nitrogen and oxygen atoms in total. The second kappa shape index (κ2) is 6.01. The Kier molecular flexibility index (Phi) is 4.55. The van der Waals surface area contributed by atoms with E-state index in [2.05, 4.69) is 21.2 Å². The largest absolute Gasteiger partial charge is 0.495 e. The van der Waals surface area contributed by atoms with Crippen molar-refractivity contribution in [3.05, 3.63) is 22.2 Å². The molecule has 0 spiro atoms. The van der Waals surface area contributed by atoms with E-state index in [1.165, 1.54) is 14.2 Å². The van der Waals surface area contributed by atoms with Crippen molar-refractivity contribution in [3.8, 4) is 11.5 Å². The Balaban J connectivity index is 2.25. The molecule has 2 N–H and O–H groups in total. The fourth-order valence-corrected chi connectivity index (χ4v) is 2.79. The van der Waals surface area contributed by atoms with E-state index in [-0.39, 0.29) is 12.5 Å². The maximum absolute atomic E-state index is 12.3. The first-order valence-electron chi connectivity index (χ1n) is 6.40. The molecular formula is C14H18BrNO4. The van der Waals surface area contributed by atoms with Crippen LogP contribution in [0.1, 0.15) is 29.6 Å². The van der Waals surface area contributed by atoms with E-state index in [0.29, 0.717) is 21.5 Å². The van der Waals surface area contributed by atoms with Crippen LogP contribution in [-0.2, 0) is 0 Å². The summed E-state index contributed by atoms with van der Waals surface area (Å²) in [4.78, 5) is 12.3. The van der Waals surface area contributed by atoms with Gasteiger partial charge in [-0.05, 0) is 47.3 Å². The lowest BCUT2D eigenvalue weighted by atomic mass is 9.77. The van der Waals surface area contributed by atoms with Crippen molar-refractivity contribution in [1.82, 2.24) is 5.32 Å². The Morgan fingerprint density at radius 1 is 1.35 bits per heavy atom. The number of carbonyl (C=O) groups excluding carboxylic acids is 1. The van der Waals surface area contributed by atoms with E-state index >= 15 is 0 Å². The number of hydrogen-bond acceptors (Lipinski definition) is 4. The molecule has 1 saturated carbocycles. The van der Waals surface area contributed by atoms with Crippen LogP contribution in [0.25, 0.3) is 0 Å². The highest BCUT2D eigenvalue weighted by Gasteiger charge is 2.38. The van der Waals surface area contributed by atoms with Crippen molar-refractivity contribution in [2.45, 2.75) is 24.8 Å². The van der Waals surface area contributed by atoms with Crippen LogP contribution in [-0.4, -0.2) is 37.4 Å². The number of amides is 1. The van der Waals surface area contributed by atoms with Crippen LogP contribution in [0.4, 0.5) is 0 Å². The van der Waals surface area contributed by atoms with Crippen molar-refractivity contribution < 1.29 is 19.4 Å². The summed E-state index contributed by atoms with van der Waals surface area (Å²) in [5, 5.41) is 12.3. The number of aliphatic hydroxyl groups is 1. The zero-order chi connectivity index (χ0) is 14.8. The van der Waals surface area contributed by atoms with Crippen molar-refractivity contribution >= 4 is 21.8 Å². The monoisotopic (exact) mass is 343 g/mol. The Bertz CT molecular complexity index is 483. The van der Waals surface area contributed by atoms with E-state index in [0.717, 1.165) is 19.3 Å². The molecule has 0 atom stereocenters. The summed E-state index contributed by atoms with van der Waals surface area (Å²) < 4.78 is 11.1. The van der Waals surface area contributed by atoms with Crippen molar-refractivity contribution in [2.24, 2.45) is 0 Å². The Hall–Kier alpha value is -1.27. The summed E-state index contributed by atoms with van der Waals surface area (Å²) in [7, 11) is 3.06. The van der Waals surface area contributed by atoms with E-state index in [4.69, 9.17) is 9.47 Å². The van der Waals surface area contributed by atoms with E-state index in [9.17, 15) is 9.90 Å². The zero-order valence-corrected chi connectivity index (χ0v) is 13.1. The minimum Gasteiger partial charge on any atom is -0.495 e. The number of carbonyl (C=O) groups is 1. The maximum atomic E-state index is 12.3. The van der Waals surface area contributed by atoms with Gasteiger partial charge in [-0.3, -0.25) is 4.79 Å². The van der Waals surface area contributed by atoms with Crippen molar-refractivity contribution in [3.63, 3.8) is 0 Å². The average molecular weight is 344 g/mol. The molecule has 0 heterocycles. The summed E-state index contributed by atoms with van der Waals surface area (Å²) in [6.45, 7) is -0.0382. The normalized spacial score (nSPS) is 16.2. The first-order chi connectivity index (χ1) is 9.55. The van der Waals surface area contributed by atoms with Gasteiger partial charge in [0.05, 0.1) is 26.4 Å². The van der Waals surface area contributed by atoms with Crippen molar-refractivity contribution in [1.29, 1.82) is 0 Å². The van der Waals surface area contributed by atoms with Crippen LogP contribution in [0, 0.1) is 0 Å². The topological polar surface area (TPSA) is 67.8 Å². The average Bonchev–Trinajstić information content (AvgIpc) is 2.42. The quantitative estimate of drug-likeness (QED) is 0.859. The lowest BCUT2D eigenvalue weighted by Crippen LogP contribution is -2.56. The van der Waals surface area contributed by atoms with E-state index < -0.39 is 5.54 Å². The van der Waals surface area contributed by atoms with Gasteiger partial charge >= 0.3 is 0 Å². The molecule has 1 aliphatic carbocycles. The molecule has 0 radical (unpaired) electrons. The first kappa shape index (κ1) is 15.1. The van der Waals surface area contributed by atoms with Gasteiger partial charge in [0, 0.05) is 5.56 Å². The van der Waals surface area contributed by atoms with Crippen LogP contribution >= 0.6 is 15.9 Å². The molecule has 0 aromatic heterocycles. The maximum Gasteiger partial charge on any atom is 0.252 e. The number of hydrogen-bond donors (Lipinski definition) is 2. The van der Waals surface area contributed by atoms with Gasteiger partial charge in [0.25, 0.3) is 5.91 Å². The third-order valence-electron chi connectivity index (χ3n) is 3.70. The van der Waals surface area contributed by atoms with Crippen LogP contribution in [0.3, 0.4) is 0 Å². The minimum atomic E-state index is -0.468. The van der Waals surface area contributed by atoms with E-state index in [1.807, 2.05) is 0 Å². The summed E-state index contributed by atoms with van der Waals surface area (Å²) >= 11 is 3.36. The standard InChI is InChI=1S/C14H18BrNO4/c1-19-10-6-9(7-11(20-2)12(10)15)13(18)16-14(8-17)4-3-5-14/h6-7,17H,3-5,8H2,1-2H3,(H,16,18). The van der Waals surface area contributed by atoms with Gasteiger partial charge in [-0.25, -0.2) is 0 Å². The summed E-state index contributed by atoms with van der Waals surface area (Å²) in [6, 6.07) is 3.29. The summed E-state index contributed by atoms with van der Waals surface area (Å²) in [6.07, 6.45) is 2.63. The van der Waals surface area contributed by atoms with Gasteiger partial charge < -0.3 is 19.9 Å². The predicted octanol–water partition coefficient (Wildman–Crippen LogP) is 2.11. The van der Waals surface area contributed by atoms with Gasteiger partial charge in [-0.15, -0.1) is 0 Å². The lowest BCUT2D eigenvalue weighted by molar-refractivity contribution is 0.0641. The van der Waals surface area contributed by atoms with Gasteiger partial charge in [-0.2, -0.15) is 0 Å². The number of benzene rings is 1. The van der Waals surface area contributed by atoms with Crippen LogP contribution in [0.15, 0.2) is 16.6 Å². The Morgan fingerprint density at radius 2 is 1.90 bits per heavy atom. The fourth-order valence-electron chi connectivity index (χ4n) is 2.24. The van der Waals surface area contributed by atoms with Crippen LogP contribution in [0.2, 0.25) is 0 Å². The highest BCUT2D eigenvalue weighted by Crippen LogP contribution is 2.36. The number of halogens is 1. The third kappa shape index (κ3) is 2.76. The molecule has 20 heavy (non-hydrogen) atoms. The highest BCUT2D eigenvalue weighted by atomic mass is 79.9. The molecule has 6 heteroatoms. The fraction of sp³-hybridized carbons (Fsp3) is 0.500. The predicted molar refractivity (Wildman–Crippen MR) is 78.4 cm³/mol. The molecule has 1 amide bonds. The van der Waals surface area contributed by atoms with Crippen LogP contribution < -0.4 is 14.8 Å². The second-order valence-electron chi connectivity index (χ2n) is 4.94. The number of rotatable bonds is 5. The molecule has 1 aromatic carbocycles. The third-order valence-corrected chi connectivity index (χ3v) is 4.48. The summed E-state index contributed by atoms with van der Waals surface area (Å²) in [5.41, 5.74) is -0.0217. The number of aliphatic hydroxyl groups excluding tert-OH is 1. The Morgan fingerprint density at radius 3 is 2.25 bits per heavy atom. The Labute approximate surface area is 126 Å². The molecule has 2 rings (SSSR count). The second-order valence-corrected chi connectivity index (χ2v) is 5.73. The lowest BCUT2D eigenvalue weighted by Gasteiger charge is -2.41.